The number of allylic oxidation sites excluding steroid dienone is 3. The number of rotatable bonds is 66. The summed E-state index contributed by atoms with van der Waals surface area (Å²) in [7, 11) is 0. The maximum absolute atomic E-state index is 12.5. The predicted octanol–water partition coefficient (Wildman–Crippen LogP) is 23.8. The lowest BCUT2D eigenvalue weighted by Crippen LogP contribution is -2.45. The first-order chi connectivity index (χ1) is 37.2. The van der Waals surface area contributed by atoms with E-state index < -0.39 is 12.1 Å². The lowest BCUT2D eigenvalue weighted by atomic mass is 10.0. The van der Waals surface area contributed by atoms with Crippen molar-refractivity contribution < 1.29 is 15.0 Å². The Morgan fingerprint density at radius 1 is 0.307 bits per heavy atom. The second-order valence-electron chi connectivity index (χ2n) is 24.3. The molecule has 446 valence electrons. The van der Waals surface area contributed by atoms with E-state index in [1.165, 1.54) is 360 Å². The van der Waals surface area contributed by atoms with Crippen LogP contribution in [0.25, 0.3) is 0 Å². The zero-order valence-corrected chi connectivity index (χ0v) is 51.6. The molecule has 0 aliphatic heterocycles. The molecule has 2 atom stereocenters. The fourth-order valence-electron chi connectivity index (χ4n) is 11.4. The summed E-state index contributed by atoms with van der Waals surface area (Å²) in [4.78, 5) is 12.5. The highest BCUT2D eigenvalue weighted by molar-refractivity contribution is 5.76. The first kappa shape index (κ1) is 73.9. The third kappa shape index (κ3) is 63.6. The molecule has 0 saturated heterocycles. The lowest BCUT2D eigenvalue weighted by Gasteiger charge is -2.20. The van der Waals surface area contributed by atoms with Crippen LogP contribution in [0.15, 0.2) is 24.3 Å². The monoisotopic (exact) mass is 1050 g/mol. The zero-order chi connectivity index (χ0) is 54.1. The van der Waals surface area contributed by atoms with Gasteiger partial charge >= 0.3 is 0 Å². The molecule has 0 saturated carbocycles. The van der Waals surface area contributed by atoms with Gasteiger partial charge in [0.05, 0.1) is 18.8 Å². The summed E-state index contributed by atoms with van der Waals surface area (Å²) < 4.78 is 0. The minimum atomic E-state index is -0.838. The molecule has 1 amide bonds. The Kier molecular flexibility index (Phi) is 66.1. The van der Waals surface area contributed by atoms with Crippen molar-refractivity contribution in [3.05, 3.63) is 24.3 Å². The Morgan fingerprint density at radius 2 is 0.507 bits per heavy atom. The number of aliphatic hydroxyl groups is 2. The Labute approximate surface area is 472 Å². The van der Waals surface area contributed by atoms with Crippen molar-refractivity contribution in [1.29, 1.82) is 0 Å². The van der Waals surface area contributed by atoms with Crippen LogP contribution in [0.1, 0.15) is 406 Å². The van der Waals surface area contributed by atoms with E-state index in [9.17, 15) is 15.0 Å². The molecule has 0 rings (SSSR count). The van der Waals surface area contributed by atoms with E-state index in [0.29, 0.717) is 6.42 Å². The molecule has 2 unspecified atom stereocenters. The molecular formula is C71H139NO3. The first-order valence-electron chi connectivity index (χ1n) is 35.1. The summed E-state index contributed by atoms with van der Waals surface area (Å²) in [5.74, 6) is -0.0553. The van der Waals surface area contributed by atoms with Crippen molar-refractivity contribution in [2.75, 3.05) is 6.61 Å². The lowest BCUT2D eigenvalue weighted by molar-refractivity contribution is -0.123. The second-order valence-corrected chi connectivity index (χ2v) is 24.3. The van der Waals surface area contributed by atoms with Crippen LogP contribution < -0.4 is 5.32 Å². The normalized spacial score (nSPS) is 12.7. The summed E-state index contributed by atoms with van der Waals surface area (Å²) in [6, 6.07) is -0.621. The van der Waals surface area contributed by atoms with E-state index in [1.807, 2.05) is 6.08 Å². The smallest absolute Gasteiger partial charge is 0.220 e. The minimum absolute atomic E-state index is 0.0553. The van der Waals surface area contributed by atoms with E-state index in [-0.39, 0.29) is 12.5 Å². The molecule has 0 aromatic heterocycles. The van der Waals surface area contributed by atoms with Crippen molar-refractivity contribution in [1.82, 2.24) is 5.32 Å². The summed E-state index contributed by atoms with van der Waals surface area (Å²) in [6.45, 7) is 4.36. The third-order valence-electron chi connectivity index (χ3n) is 16.7. The fraction of sp³-hybridized carbons (Fsp3) is 0.930. The van der Waals surface area contributed by atoms with Crippen molar-refractivity contribution in [3.8, 4) is 0 Å². The van der Waals surface area contributed by atoms with Crippen molar-refractivity contribution >= 4 is 5.91 Å². The number of carbonyl (C=O) groups is 1. The average Bonchev–Trinajstić information content (AvgIpc) is 3.41. The molecule has 3 N–H and O–H groups in total. The van der Waals surface area contributed by atoms with Crippen LogP contribution in [0.4, 0.5) is 0 Å². The number of hydrogen-bond acceptors (Lipinski definition) is 3. The highest BCUT2D eigenvalue weighted by atomic mass is 16.3. The van der Waals surface area contributed by atoms with Gasteiger partial charge in [0, 0.05) is 6.42 Å². The highest BCUT2D eigenvalue weighted by Gasteiger charge is 2.18. The van der Waals surface area contributed by atoms with E-state index in [4.69, 9.17) is 0 Å². The predicted molar refractivity (Wildman–Crippen MR) is 336 cm³/mol. The molecule has 0 radical (unpaired) electrons. The first-order valence-corrected chi connectivity index (χ1v) is 35.1. The summed E-state index contributed by atoms with van der Waals surface area (Å²) in [5, 5.41) is 23.3. The molecule has 0 aliphatic carbocycles. The van der Waals surface area contributed by atoms with Crippen LogP contribution in [-0.2, 0) is 4.79 Å². The Bertz CT molecular complexity index is 1100. The zero-order valence-electron chi connectivity index (χ0n) is 51.6. The molecule has 75 heavy (non-hydrogen) atoms. The molecule has 0 spiro atoms. The highest BCUT2D eigenvalue weighted by Crippen LogP contribution is 2.19. The molecule has 0 aromatic carbocycles. The van der Waals surface area contributed by atoms with Crippen LogP contribution in [-0.4, -0.2) is 34.9 Å². The van der Waals surface area contributed by atoms with Gasteiger partial charge in [0.2, 0.25) is 5.91 Å². The minimum Gasteiger partial charge on any atom is -0.394 e. The SMILES string of the molecule is CCCCCCCCCCCCCCCCCCCC/C=C\CCCCCCCCCCCCCCCCCCCC(=O)NC(CO)C(O)/C=C/CCCCCCCCCCCCCCCCCCCCCCCC. The molecule has 0 aliphatic rings. The quantitative estimate of drug-likeness (QED) is 0.0420. The number of amides is 1. The van der Waals surface area contributed by atoms with Crippen molar-refractivity contribution in [2.24, 2.45) is 0 Å². The van der Waals surface area contributed by atoms with Gasteiger partial charge in [-0.1, -0.05) is 378 Å². The maximum Gasteiger partial charge on any atom is 0.220 e. The number of hydrogen-bond donors (Lipinski definition) is 3. The van der Waals surface area contributed by atoms with Crippen LogP contribution >= 0.6 is 0 Å². The van der Waals surface area contributed by atoms with Gasteiger partial charge in [0.25, 0.3) is 0 Å². The van der Waals surface area contributed by atoms with E-state index in [2.05, 4.69) is 31.3 Å². The largest absolute Gasteiger partial charge is 0.394 e. The Morgan fingerprint density at radius 3 is 0.733 bits per heavy atom. The molecule has 4 nitrogen and oxygen atoms in total. The van der Waals surface area contributed by atoms with Crippen molar-refractivity contribution in [3.63, 3.8) is 0 Å². The summed E-state index contributed by atoms with van der Waals surface area (Å²) in [6.07, 6.45) is 91.3. The third-order valence-corrected chi connectivity index (χ3v) is 16.7. The van der Waals surface area contributed by atoms with Crippen LogP contribution in [0.5, 0.6) is 0 Å². The van der Waals surface area contributed by atoms with Gasteiger partial charge in [-0.3, -0.25) is 4.79 Å². The number of nitrogens with one attached hydrogen (secondary N) is 1. The number of aliphatic hydroxyl groups excluding tert-OH is 2. The van der Waals surface area contributed by atoms with E-state index in [1.54, 1.807) is 6.08 Å². The van der Waals surface area contributed by atoms with Gasteiger partial charge in [-0.05, 0) is 44.9 Å². The molecule has 0 fully saturated rings. The van der Waals surface area contributed by atoms with Gasteiger partial charge in [-0.25, -0.2) is 0 Å². The number of unbranched alkanes of at least 4 members (excludes halogenated alkanes) is 57. The molecule has 0 bridgehead atoms. The van der Waals surface area contributed by atoms with Gasteiger partial charge in [0.15, 0.2) is 0 Å². The van der Waals surface area contributed by atoms with Crippen LogP contribution in [0, 0.1) is 0 Å². The van der Waals surface area contributed by atoms with Gasteiger partial charge in [0.1, 0.15) is 0 Å². The summed E-state index contributed by atoms with van der Waals surface area (Å²) >= 11 is 0. The fourth-order valence-corrected chi connectivity index (χ4v) is 11.4. The molecule has 4 heteroatoms. The standard InChI is InChI=1S/C71H139NO3/c1-3-5-7-9-11-13-15-17-19-21-23-25-27-29-30-31-32-33-34-35-36-37-38-39-40-41-42-43-45-47-49-51-53-55-57-59-61-63-65-67-71(75)72-69(68-73)70(74)66-64-62-60-58-56-54-52-50-48-46-44-28-26-24-22-20-18-16-14-12-10-8-6-4-2/h35-36,64,66,69-70,73-74H,3-34,37-63,65,67-68H2,1-2H3,(H,72,75)/b36-35-,66-64+. The van der Waals surface area contributed by atoms with Gasteiger partial charge in [-0.15, -0.1) is 0 Å². The Hall–Kier alpha value is -1.13. The van der Waals surface area contributed by atoms with E-state index in [0.717, 1.165) is 25.7 Å². The Balaban J connectivity index is 3.39. The summed E-state index contributed by atoms with van der Waals surface area (Å²) in [5.41, 5.74) is 0. The molecular weight excluding hydrogens is 915 g/mol. The topological polar surface area (TPSA) is 69.6 Å². The maximum atomic E-state index is 12.5. The molecule has 0 heterocycles. The van der Waals surface area contributed by atoms with Crippen LogP contribution in [0.2, 0.25) is 0 Å². The van der Waals surface area contributed by atoms with Gasteiger partial charge < -0.3 is 15.5 Å². The number of carbonyl (C=O) groups excluding carboxylic acids is 1. The average molecular weight is 1050 g/mol. The van der Waals surface area contributed by atoms with E-state index >= 15 is 0 Å². The van der Waals surface area contributed by atoms with Crippen LogP contribution in [0.3, 0.4) is 0 Å². The molecule has 0 aromatic rings. The van der Waals surface area contributed by atoms with Crippen molar-refractivity contribution in [2.45, 2.75) is 418 Å². The van der Waals surface area contributed by atoms with Gasteiger partial charge in [-0.2, -0.15) is 0 Å². The second kappa shape index (κ2) is 67.1.